The van der Waals surface area contributed by atoms with Crippen LogP contribution >= 0.6 is 0 Å². The molecule has 0 fully saturated rings. The zero-order valence-corrected chi connectivity index (χ0v) is 12.7. The normalized spacial score (nSPS) is 11.9. The maximum Gasteiger partial charge on any atom is 0.253 e. The van der Waals surface area contributed by atoms with Crippen molar-refractivity contribution >= 4 is 11.6 Å². The predicted octanol–water partition coefficient (Wildman–Crippen LogP) is 1.89. The largest absolute Gasteiger partial charge is 0.368 e. The van der Waals surface area contributed by atoms with Crippen LogP contribution in [-0.4, -0.2) is 38.8 Å². The van der Waals surface area contributed by atoms with E-state index in [2.05, 4.69) is 27.4 Å². The van der Waals surface area contributed by atoms with Gasteiger partial charge >= 0.3 is 0 Å². The van der Waals surface area contributed by atoms with Gasteiger partial charge in [0.25, 0.3) is 5.91 Å². The highest BCUT2D eigenvalue weighted by atomic mass is 16.5. The lowest BCUT2D eigenvalue weighted by molar-refractivity contribution is -0.126. The van der Waals surface area contributed by atoms with Crippen LogP contribution in [0.5, 0.6) is 0 Å². The number of aromatic nitrogens is 4. The Bertz CT molecular complexity index is 639. The van der Waals surface area contributed by atoms with Gasteiger partial charge < -0.3 is 10.1 Å². The first-order chi connectivity index (χ1) is 10.6. The Morgan fingerprint density at radius 2 is 2.36 bits per heavy atom. The summed E-state index contributed by atoms with van der Waals surface area (Å²) in [4.78, 5) is 12.1. The number of nitrogens with zero attached hydrogens (tertiary/aromatic N) is 4. The summed E-state index contributed by atoms with van der Waals surface area (Å²) < 4.78 is 6.96. The molecular weight excluding hydrogens is 282 g/mol. The Morgan fingerprint density at radius 3 is 3.05 bits per heavy atom. The molecule has 1 heterocycles. The monoisotopic (exact) mass is 301 g/mol. The van der Waals surface area contributed by atoms with Gasteiger partial charge in [-0.15, -0.1) is 11.7 Å². The molecule has 7 heteroatoms. The molecular formula is C15H19N5O2. The van der Waals surface area contributed by atoms with Crippen molar-refractivity contribution in [2.24, 2.45) is 0 Å². The van der Waals surface area contributed by atoms with E-state index in [-0.39, 0.29) is 5.91 Å². The van der Waals surface area contributed by atoms with E-state index in [1.807, 2.05) is 25.1 Å². The lowest BCUT2D eigenvalue weighted by Crippen LogP contribution is -2.28. The summed E-state index contributed by atoms with van der Waals surface area (Å²) in [6, 6.07) is 5.60. The molecule has 7 nitrogen and oxygen atoms in total. The van der Waals surface area contributed by atoms with Gasteiger partial charge in [0.05, 0.1) is 12.3 Å². The Morgan fingerprint density at radius 1 is 1.55 bits per heavy atom. The van der Waals surface area contributed by atoms with Crippen LogP contribution in [0.4, 0.5) is 5.69 Å². The summed E-state index contributed by atoms with van der Waals surface area (Å²) in [5.41, 5.74) is 2.42. The number of hydrogen-bond acceptors (Lipinski definition) is 5. The Balaban J connectivity index is 2.07. The van der Waals surface area contributed by atoms with Gasteiger partial charge in [-0.1, -0.05) is 12.1 Å². The highest BCUT2D eigenvalue weighted by Gasteiger charge is 2.14. The van der Waals surface area contributed by atoms with E-state index in [9.17, 15) is 4.79 Å². The molecule has 1 N–H and O–H groups in total. The Hall–Kier alpha value is -2.54. The smallest absolute Gasteiger partial charge is 0.253 e. The van der Waals surface area contributed by atoms with Gasteiger partial charge in [0.1, 0.15) is 12.4 Å². The van der Waals surface area contributed by atoms with Gasteiger partial charge in [0.15, 0.2) is 0 Å². The molecule has 0 radical (unpaired) electrons. The number of ether oxygens (including phenoxy) is 1. The van der Waals surface area contributed by atoms with Crippen molar-refractivity contribution in [1.29, 1.82) is 0 Å². The number of carbonyl (C=O) groups is 1. The number of rotatable bonds is 7. The standard InChI is InChI=1S/C15H19N5O2/c1-4-5-8-22-12(3)15(21)17-14-9-13(7-6-11(14)2)20-10-16-18-19-20/h4,6-7,9-10,12H,1,5,8H2,2-3H3,(H,17,21). The fourth-order valence-electron chi connectivity index (χ4n) is 1.80. The number of tetrazole rings is 1. The zero-order valence-electron chi connectivity index (χ0n) is 12.7. The summed E-state index contributed by atoms with van der Waals surface area (Å²) in [5, 5.41) is 13.9. The van der Waals surface area contributed by atoms with Gasteiger partial charge in [0, 0.05) is 5.69 Å². The molecule has 1 amide bonds. The van der Waals surface area contributed by atoms with Crippen molar-refractivity contribution in [1.82, 2.24) is 20.2 Å². The molecule has 0 aliphatic rings. The predicted molar refractivity (Wildman–Crippen MR) is 82.7 cm³/mol. The average molecular weight is 301 g/mol. The Labute approximate surface area is 129 Å². The lowest BCUT2D eigenvalue weighted by Gasteiger charge is -2.15. The van der Waals surface area contributed by atoms with Crippen molar-refractivity contribution in [2.75, 3.05) is 11.9 Å². The maximum absolute atomic E-state index is 12.1. The first kappa shape index (κ1) is 15.8. The minimum Gasteiger partial charge on any atom is -0.368 e. The molecule has 2 aromatic rings. The van der Waals surface area contributed by atoms with Crippen molar-refractivity contribution in [2.45, 2.75) is 26.4 Å². The highest BCUT2D eigenvalue weighted by Crippen LogP contribution is 2.19. The van der Waals surface area contributed by atoms with Crippen LogP contribution in [0.2, 0.25) is 0 Å². The quantitative estimate of drug-likeness (QED) is 0.624. The van der Waals surface area contributed by atoms with E-state index in [1.165, 1.54) is 11.0 Å². The van der Waals surface area contributed by atoms with Crippen molar-refractivity contribution < 1.29 is 9.53 Å². The number of aryl methyl sites for hydroxylation is 1. The molecule has 0 aliphatic heterocycles. The summed E-state index contributed by atoms with van der Waals surface area (Å²) in [5.74, 6) is -0.193. The van der Waals surface area contributed by atoms with E-state index in [1.54, 1.807) is 13.0 Å². The molecule has 116 valence electrons. The Kier molecular flexibility index (Phi) is 5.37. The third-order valence-corrected chi connectivity index (χ3v) is 3.15. The number of amides is 1. The van der Waals surface area contributed by atoms with Crippen LogP contribution in [0, 0.1) is 6.92 Å². The van der Waals surface area contributed by atoms with Gasteiger partial charge in [-0.2, -0.15) is 0 Å². The fourth-order valence-corrected chi connectivity index (χ4v) is 1.80. The first-order valence-electron chi connectivity index (χ1n) is 6.99. The van der Waals surface area contributed by atoms with Crippen LogP contribution in [0.15, 0.2) is 37.2 Å². The van der Waals surface area contributed by atoms with Crippen LogP contribution in [0.3, 0.4) is 0 Å². The van der Waals surface area contributed by atoms with Crippen molar-refractivity contribution in [3.8, 4) is 5.69 Å². The molecule has 22 heavy (non-hydrogen) atoms. The van der Waals surface area contributed by atoms with Crippen LogP contribution in [0.1, 0.15) is 18.9 Å². The van der Waals surface area contributed by atoms with Crippen molar-refractivity contribution in [3.05, 3.63) is 42.7 Å². The number of anilines is 1. The van der Waals surface area contributed by atoms with E-state index in [0.717, 1.165) is 11.3 Å². The average Bonchev–Trinajstić information content (AvgIpc) is 3.04. The van der Waals surface area contributed by atoms with E-state index in [4.69, 9.17) is 4.74 Å². The third kappa shape index (κ3) is 3.98. The number of nitrogens with one attached hydrogen (secondary N) is 1. The molecule has 0 spiro atoms. The zero-order chi connectivity index (χ0) is 15.9. The van der Waals surface area contributed by atoms with Crippen molar-refractivity contribution in [3.63, 3.8) is 0 Å². The van der Waals surface area contributed by atoms with E-state index >= 15 is 0 Å². The summed E-state index contributed by atoms with van der Waals surface area (Å²) >= 11 is 0. The van der Waals surface area contributed by atoms with Crippen LogP contribution in [0.25, 0.3) is 5.69 Å². The minimum absolute atomic E-state index is 0.193. The van der Waals surface area contributed by atoms with Gasteiger partial charge in [-0.05, 0) is 48.4 Å². The summed E-state index contributed by atoms with van der Waals surface area (Å²) in [7, 11) is 0. The summed E-state index contributed by atoms with van der Waals surface area (Å²) in [6.07, 6.45) is 3.43. The van der Waals surface area contributed by atoms with Gasteiger partial charge in [-0.3, -0.25) is 4.79 Å². The SMILES string of the molecule is C=CCCOC(C)C(=O)Nc1cc(-n2cnnn2)ccc1C. The highest BCUT2D eigenvalue weighted by molar-refractivity contribution is 5.94. The number of carbonyl (C=O) groups excluding carboxylic acids is 1. The van der Waals surface area contributed by atoms with Gasteiger partial charge in [-0.25, -0.2) is 4.68 Å². The molecule has 1 unspecified atom stereocenters. The second kappa shape index (κ2) is 7.46. The van der Waals surface area contributed by atoms with Gasteiger partial charge in [0.2, 0.25) is 0 Å². The van der Waals surface area contributed by atoms with E-state index < -0.39 is 6.10 Å². The molecule has 0 saturated heterocycles. The third-order valence-electron chi connectivity index (χ3n) is 3.15. The molecule has 1 aromatic carbocycles. The first-order valence-corrected chi connectivity index (χ1v) is 6.99. The lowest BCUT2D eigenvalue weighted by atomic mass is 10.1. The fraction of sp³-hybridized carbons (Fsp3) is 0.333. The van der Waals surface area contributed by atoms with E-state index in [0.29, 0.717) is 18.7 Å². The summed E-state index contributed by atoms with van der Waals surface area (Å²) in [6.45, 7) is 7.73. The topological polar surface area (TPSA) is 81.9 Å². The maximum atomic E-state index is 12.1. The molecule has 0 saturated carbocycles. The number of hydrogen-bond donors (Lipinski definition) is 1. The number of benzene rings is 1. The van der Waals surface area contributed by atoms with Crippen LogP contribution < -0.4 is 5.32 Å². The molecule has 1 atom stereocenters. The molecule has 0 bridgehead atoms. The molecule has 0 aliphatic carbocycles. The van der Waals surface area contributed by atoms with Crippen LogP contribution in [-0.2, 0) is 9.53 Å². The molecule has 2 rings (SSSR count). The second-order valence-corrected chi connectivity index (χ2v) is 4.83. The second-order valence-electron chi connectivity index (χ2n) is 4.83. The minimum atomic E-state index is -0.531. The molecule has 1 aromatic heterocycles.